The van der Waals surface area contributed by atoms with E-state index in [9.17, 15) is 9.18 Å². The molecule has 0 amide bonds. The van der Waals surface area contributed by atoms with Crippen LogP contribution in [-0.4, -0.2) is 15.6 Å². The number of hydrogen-bond donors (Lipinski definition) is 0. The fourth-order valence-corrected chi connectivity index (χ4v) is 1.41. The second kappa shape index (κ2) is 4.74. The molecular formula is C13H11FN2O. The molecule has 0 fully saturated rings. The average molecular weight is 230 g/mol. The van der Waals surface area contributed by atoms with E-state index in [1.807, 2.05) is 0 Å². The molecule has 1 heterocycles. The summed E-state index contributed by atoms with van der Waals surface area (Å²) >= 11 is 0. The van der Waals surface area contributed by atoms with Crippen LogP contribution in [0.15, 0.2) is 42.7 Å². The van der Waals surface area contributed by atoms with Crippen molar-refractivity contribution >= 4 is 11.9 Å². The fraction of sp³-hybridized carbons (Fsp3) is 0.0769. The summed E-state index contributed by atoms with van der Waals surface area (Å²) in [7, 11) is 1.80. The molecule has 4 heteroatoms. The predicted molar refractivity (Wildman–Crippen MR) is 63.0 cm³/mol. The number of hydrogen-bond acceptors (Lipinski definition) is 2. The SMILES string of the molecule is Cn1cc(C=CC(=O)c2ccc(F)cc2)cn1. The second-order valence-corrected chi connectivity index (χ2v) is 3.65. The van der Waals surface area contributed by atoms with Crippen molar-refractivity contribution in [1.29, 1.82) is 0 Å². The van der Waals surface area contributed by atoms with Crippen LogP contribution in [0.5, 0.6) is 0 Å². The number of ketones is 1. The summed E-state index contributed by atoms with van der Waals surface area (Å²) in [4.78, 5) is 11.7. The van der Waals surface area contributed by atoms with Crippen LogP contribution in [0.2, 0.25) is 0 Å². The van der Waals surface area contributed by atoms with Crippen molar-refractivity contribution in [3.05, 3.63) is 59.7 Å². The third-order valence-corrected chi connectivity index (χ3v) is 2.28. The molecule has 0 aliphatic rings. The molecular weight excluding hydrogens is 219 g/mol. The number of benzene rings is 1. The summed E-state index contributed by atoms with van der Waals surface area (Å²) in [5.74, 6) is -0.508. The monoisotopic (exact) mass is 230 g/mol. The lowest BCUT2D eigenvalue weighted by atomic mass is 10.1. The van der Waals surface area contributed by atoms with E-state index in [0.29, 0.717) is 5.56 Å². The summed E-state index contributed by atoms with van der Waals surface area (Å²) < 4.78 is 14.3. The van der Waals surface area contributed by atoms with Crippen LogP contribution < -0.4 is 0 Å². The van der Waals surface area contributed by atoms with Crippen LogP contribution in [0.3, 0.4) is 0 Å². The van der Waals surface area contributed by atoms with Gasteiger partial charge in [-0.1, -0.05) is 0 Å². The van der Waals surface area contributed by atoms with Gasteiger partial charge in [0.2, 0.25) is 0 Å². The van der Waals surface area contributed by atoms with Gasteiger partial charge in [0, 0.05) is 24.4 Å². The number of allylic oxidation sites excluding steroid dienone is 1. The summed E-state index contributed by atoms with van der Waals surface area (Å²) in [5.41, 5.74) is 1.31. The van der Waals surface area contributed by atoms with Crippen LogP contribution in [0, 0.1) is 5.82 Å². The van der Waals surface area contributed by atoms with Crippen LogP contribution in [-0.2, 0) is 7.05 Å². The van der Waals surface area contributed by atoms with Crippen molar-refractivity contribution in [2.45, 2.75) is 0 Å². The third kappa shape index (κ3) is 2.87. The van der Waals surface area contributed by atoms with Gasteiger partial charge in [0.05, 0.1) is 6.20 Å². The van der Waals surface area contributed by atoms with Crippen LogP contribution >= 0.6 is 0 Å². The quantitative estimate of drug-likeness (QED) is 0.599. The number of halogens is 1. The molecule has 0 aliphatic carbocycles. The number of rotatable bonds is 3. The highest BCUT2D eigenvalue weighted by Gasteiger charge is 2.01. The Morgan fingerprint density at radius 2 is 2.06 bits per heavy atom. The first-order chi connectivity index (χ1) is 8.15. The Labute approximate surface area is 98.2 Å². The van der Waals surface area contributed by atoms with Gasteiger partial charge in [-0.25, -0.2) is 4.39 Å². The Bertz CT molecular complexity index is 555. The molecule has 86 valence electrons. The van der Waals surface area contributed by atoms with E-state index in [4.69, 9.17) is 0 Å². The lowest BCUT2D eigenvalue weighted by Crippen LogP contribution is -1.93. The largest absolute Gasteiger partial charge is 0.289 e. The van der Waals surface area contributed by atoms with Crippen molar-refractivity contribution in [3.8, 4) is 0 Å². The topological polar surface area (TPSA) is 34.9 Å². The molecule has 2 aromatic rings. The Kier molecular flexibility index (Phi) is 3.14. The molecule has 1 aromatic heterocycles. The molecule has 3 nitrogen and oxygen atoms in total. The number of nitrogens with zero attached hydrogens (tertiary/aromatic N) is 2. The van der Waals surface area contributed by atoms with Crippen LogP contribution in [0.4, 0.5) is 4.39 Å². The molecule has 0 saturated heterocycles. The van der Waals surface area contributed by atoms with Crippen LogP contribution in [0.25, 0.3) is 6.08 Å². The third-order valence-electron chi connectivity index (χ3n) is 2.28. The van der Waals surface area contributed by atoms with Gasteiger partial charge in [-0.05, 0) is 36.4 Å². The number of aromatic nitrogens is 2. The first-order valence-corrected chi connectivity index (χ1v) is 5.12. The highest BCUT2D eigenvalue weighted by molar-refractivity contribution is 6.06. The maximum absolute atomic E-state index is 12.7. The lowest BCUT2D eigenvalue weighted by Gasteiger charge is -1.94. The summed E-state index contributed by atoms with van der Waals surface area (Å²) in [6.45, 7) is 0. The molecule has 2 rings (SSSR count). The molecule has 0 saturated carbocycles. The predicted octanol–water partition coefficient (Wildman–Crippen LogP) is 2.46. The zero-order chi connectivity index (χ0) is 12.3. The Morgan fingerprint density at radius 3 is 2.65 bits per heavy atom. The van der Waals surface area contributed by atoms with Crippen molar-refractivity contribution in [2.75, 3.05) is 0 Å². The van der Waals surface area contributed by atoms with E-state index < -0.39 is 0 Å². The van der Waals surface area contributed by atoms with Crippen molar-refractivity contribution < 1.29 is 9.18 Å². The van der Waals surface area contributed by atoms with E-state index in [0.717, 1.165) is 5.56 Å². The van der Waals surface area contributed by atoms with E-state index in [-0.39, 0.29) is 11.6 Å². The lowest BCUT2D eigenvalue weighted by molar-refractivity contribution is 0.104. The maximum atomic E-state index is 12.7. The number of carbonyl (C=O) groups excluding carboxylic acids is 1. The summed E-state index contributed by atoms with van der Waals surface area (Å²) in [6.07, 6.45) is 6.59. The highest BCUT2D eigenvalue weighted by Crippen LogP contribution is 2.06. The first-order valence-electron chi connectivity index (χ1n) is 5.12. The zero-order valence-corrected chi connectivity index (χ0v) is 9.30. The Hall–Kier alpha value is -2.23. The summed E-state index contributed by atoms with van der Waals surface area (Å²) in [5, 5.41) is 3.98. The van der Waals surface area contributed by atoms with Crippen LogP contribution in [0.1, 0.15) is 15.9 Å². The van der Waals surface area contributed by atoms with Gasteiger partial charge < -0.3 is 0 Å². The Morgan fingerprint density at radius 1 is 1.35 bits per heavy atom. The smallest absolute Gasteiger partial charge is 0.185 e. The van der Waals surface area contributed by atoms with Crippen molar-refractivity contribution in [3.63, 3.8) is 0 Å². The van der Waals surface area contributed by atoms with E-state index >= 15 is 0 Å². The van der Waals surface area contributed by atoms with Gasteiger partial charge >= 0.3 is 0 Å². The molecule has 0 atom stereocenters. The molecule has 0 bridgehead atoms. The zero-order valence-electron chi connectivity index (χ0n) is 9.30. The summed E-state index contributed by atoms with van der Waals surface area (Å²) in [6, 6.07) is 5.47. The number of aryl methyl sites for hydroxylation is 1. The van der Waals surface area contributed by atoms with Crippen molar-refractivity contribution in [2.24, 2.45) is 7.05 Å². The minimum atomic E-state index is -0.349. The molecule has 0 N–H and O–H groups in total. The number of carbonyl (C=O) groups is 1. The average Bonchev–Trinajstić information content (AvgIpc) is 2.73. The molecule has 0 radical (unpaired) electrons. The van der Waals surface area contributed by atoms with Gasteiger partial charge in [0.25, 0.3) is 0 Å². The van der Waals surface area contributed by atoms with Crippen molar-refractivity contribution in [1.82, 2.24) is 9.78 Å². The molecule has 0 unspecified atom stereocenters. The van der Waals surface area contributed by atoms with E-state index in [2.05, 4.69) is 5.10 Å². The van der Waals surface area contributed by atoms with Gasteiger partial charge in [0.15, 0.2) is 5.78 Å². The normalized spacial score (nSPS) is 10.9. The molecule has 0 aliphatic heterocycles. The van der Waals surface area contributed by atoms with Gasteiger partial charge in [-0.3, -0.25) is 9.48 Å². The minimum absolute atomic E-state index is 0.158. The maximum Gasteiger partial charge on any atom is 0.185 e. The minimum Gasteiger partial charge on any atom is -0.289 e. The standard InChI is InChI=1S/C13H11FN2O/c1-16-9-10(8-15-16)2-7-13(17)11-3-5-12(14)6-4-11/h2-9H,1H3. The second-order valence-electron chi connectivity index (χ2n) is 3.65. The Balaban J connectivity index is 2.11. The molecule has 17 heavy (non-hydrogen) atoms. The van der Waals surface area contributed by atoms with E-state index in [1.165, 1.54) is 30.3 Å². The van der Waals surface area contributed by atoms with E-state index in [1.54, 1.807) is 30.2 Å². The fourth-order valence-electron chi connectivity index (χ4n) is 1.41. The highest BCUT2D eigenvalue weighted by atomic mass is 19.1. The van der Waals surface area contributed by atoms with Gasteiger partial charge in [0.1, 0.15) is 5.82 Å². The first kappa shape index (κ1) is 11.3. The van der Waals surface area contributed by atoms with Gasteiger partial charge in [-0.15, -0.1) is 0 Å². The van der Waals surface area contributed by atoms with Gasteiger partial charge in [-0.2, -0.15) is 5.10 Å². The molecule has 1 aromatic carbocycles. The molecule has 0 spiro atoms.